The summed E-state index contributed by atoms with van der Waals surface area (Å²) >= 11 is 0. The molecule has 8 heteroatoms. The molecule has 8 nitrogen and oxygen atoms in total. The van der Waals surface area contributed by atoms with Crippen molar-refractivity contribution < 1.29 is 29.0 Å². The molecule has 0 aliphatic carbocycles. The van der Waals surface area contributed by atoms with Crippen molar-refractivity contribution in [1.29, 1.82) is 0 Å². The molecular formula is C26H36N4O4+2. The molecule has 0 bridgehead atoms. The van der Waals surface area contributed by atoms with E-state index in [1.165, 1.54) is 19.6 Å². The van der Waals surface area contributed by atoms with Gasteiger partial charge in [0, 0.05) is 0 Å². The molecule has 0 aromatic heterocycles. The molecule has 0 unspecified atom stereocenters. The van der Waals surface area contributed by atoms with Gasteiger partial charge in [0.05, 0.1) is 50.4 Å². The smallest absolute Gasteiger partial charge is 0.292 e. The van der Waals surface area contributed by atoms with Gasteiger partial charge >= 0.3 is 0 Å². The number of nitrogens with zero attached hydrogens (tertiary/aromatic N) is 2. The maximum Gasteiger partial charge on any atom is 0.292 e. The maximum atomic E-state index is 13.1. The van der Waals surface area contributed by atoms with Crippen LogP contribution in [0.4, 0.5) is 11.4 Å². The molecule has 0 radical (unpaired) electrons. The van der Waals surface area contributed by atoms with E-state index in [1.807, 2.05) is 0 Å². The second-order valence-corrected chi connectivity index (χ2v) is 10.8. The average molecular weight is 469 g/mol. The Balaban J connectivity index is 1.28. The molecule has 0 saturated carbocycles. The van der Waals surface area contributed by atoms with Gasteiger partial charge in [0.15, 0.2) is 12.1 Å². The van der Waals surface area contributed by atoms with E-state index in [9.17, 15) is 19.2 Å². The van der Waals surface area contributed by atoms with Crippen LogP contribution in [-0.2, 0) is 19.2 Å². The molecular weight excluding hydrogens is 432 g/mol. The highest BCUT2D eigenvalue weighted by molar-refractivity contribution is 6.23. The summed E-state index contributed by atoms with van der Waals surface area (Å²) in [5.41, 5.74) is 1.02. The maximum absolute atomic E-state index is 13.1. The number of rotatable bonds is 4. The van der Waals surface area contributed by atoms with Crippen molar-refractivity contribution >= 4 is 35.0 Å². The Morgan fingerprint density at radius 1 is 0.618 bits per heavy atom. The number of amides is 4. The van der Waals surface area contributed by atoms with Gasteiger partial charge in [-0.2, -0.15) is 0 Å². The van der Waals surface area contributed by atoms with Crippen LogP contribution in [-0.4, -0.2) is 61.9 Å². The van der Waals surface area contributed by atoms with E-state index < -0.39 is 0 Å². The lowest BCUT2D eigenvalue weighted by Crippen LogP contribution is -3.17. The first-order chi connectivity index (χ1) is 16.3. The molecule has 4 aliphatic heterocycles. The summed E-state index contributed by atoms with van der Waals surface area (Å²) < 4.78 is 0. The third kappa shape index (κ3) is 4.18. The quantitative estimate of drug-likeness (QED) is 0.588. The monoisotopic (exact) mass is 468 g/mol. The predicted molar refractivity (Wildman–Crippen MR) is 126 cm³/mol. The topological polar surface area (TPSA) is 83.6 Å². The Kier molecular flexibility index (Phi) is 6.29. The van der Waals surface area contributed by atoms with Crippen LogP contribution < -0.4 is 19.6 Å². The molecule has 1 aromatic rings. The Morgan fingerprint density at radius 2 is 0.941 bits per heavy atom. The fraction of sp³-hybridized carbons (Fsp3) is 0.615. The van der Waals surface area contributed by atoms with Crippen molar-refractivity contribution in [2.45, 2.75) is 64.5 Å². The average Bonchev–Trinajstić information content (AvgIpc) is 3.29. The summed E-state index contributed by atoms with van der Waals surface area (Å²) in [6, 6.07) is 6.12. The van der Waals surface area contributed by atoms with E-state index in [0.29, 0.717) is 23.2 Å². The van der Waals surface area contributed by atoms with Crippen LogP contribution in [0.3, 0.4) is 0 Å². The number of benzene rings is 1. The van der Waals surface area contributed by atoms with Crippen molar-refractivity contribution in [2.75, 3.05) is 36.0 Å². The second-order valence-electron chi connectivity index (χ2n) is 10.8. The standard InChI is InChI=1S/C26H34N4O4/c1-17-7-11-27(12-8-17)21-15-23(31)29(25(21)33)19-3-5-20(6-4-19)30-24(32)16-22(26(30)34)28-13-9-18(2)10-14-28/h3-6,17-18,21-22H,7-16H2,1-2H3/p+2/t21-,22-/m1/s1. The lowest BCUT2D eigenvalue weighted by molar-refractivity contribution is -0.920. The molecule has 0 spiro atoms. The number of anilines is 2. The van der Waals surface area contributed by atoms with Gasteiger partial charge in [-0.25, -0.2) is 9.80 Å². The van der Waals surface area contributed by atoms with E-state index >= 15 is 0 Å². The summed E-state index contributed by atoms with van der Waals surface area (Å²) in [7, 11) is 0. The summed E-state index contributed by atoms with van der Waals surface area (Å²) in [5, 5.41) is 0. The summed E-state index contributed by atoms with van der Waals surface area (Å²) in [4.78, 5) is 56.8. The molecule has 5 rings (SSSR count). The fourth-order valence-electron chi connectivity index (χ4n) is 6.16. The molecule has 4 aliphatic rings. The first kappa shape index (κ1) is 23.2. The molecule has 4 amide bonds. The van der Waals surface area contributed by atoms with E-state index in [0.717, 1.165) is 51.9 Å². The number of hydrogen-bond acceptors (Lipinski definition) is 4. The Labute approximate surface area is 200 Å². The largest absolute Gasteiger partial charge is 0.324 e. The minimum Gasteiger partial charge on any atom is -0.324 e. The lowest BCUT2D eigenvalue weighted by Gasteiger charge is -2.30. The summed E-state index contributed by atoms with van der Waals surface area (Å²) in [6.07, 6.45) is 4.81. The predicted octanol–water partition coefficient (Wildman–Crippen LogP) is -0.420. The van der Waals surface area contributed by atoms with Crippen LogP contribution in [0.5, 0.6) is 0 Å². The SMILES string of the molecule is CC1CC[NH+]([C@@H]2CC(=O)N(c3ccc(N4C(=O)C[C@@H]([NH+]5CCC(C)CC5)C4=O)cc3)C2=O)CC1. The van der Waals surface area contributed by atoms with Crippen molar-refractivity contribution in [3.8, 4) is 0 Å². The number of quaternary nitrogens is 2. The third-order valence-corrected chi connectivity index (χ3v) is 8.48. The molecule has 34 heavy (non-hydrogen) atoms. The molecule has 2 atom stereocenters. The molecule has 182 valence electrons. The van der Waals surface area contributed by atoms with Crippen molar-refractivity contribution in [1.82, 2.24) is 0 Å². The van der Waals surface area contributed by atoms with Crippen LogP contribution in [0.15, 0.2) is 24.3 Å². The molecule has 4 saturated heterocycles. The normalized spacial score (nSPS) is 34.9. The van der Waals surface area contributed by atoms with E-state index in [1.54, 1.807) is 24.3 Å². The van der Waals surface area contributed by atoms with Crippen molar-refractivity contribution in [3.63, 3.8) is 0 Å². The molecule has 4 heterocycles. The second kappa shape index (κ2) is 9.23. The Hall–Kier alpha value is -2.58. The van der Waals surface area contributed by atoms with Crippen LogP contribution in [0.1, 0.15) is 52.4 Å². The van der Waals surface area contributed by atoms with Gasteiger partial charge in [-0.1, -0.05) is 13.8 Å². The number of likely N-dealkylation sites (tertiary alicyclic amines) is 2. The van der Waals surface area contributed by atoms with Crippen LogP contribution in [0, 0.1) is 11.8 Å². The number of piperidine rings is 2. The fourth-order valence-corrected chi connectivity index (χ4v) is 6.16. The van der Waals surface area contributed by atoms with Crippen molar-refractivity contribution in [2.24, 2.45) is 11.8 Å². The first-order valence-corrected chi connectivity index (χ1v) is 12.9. The molecule has 4 fully saturated rings. The van der Waals surface area contributed by atoms with Gasteiger partial charge in [0.25, 0.3) is 11.8 Å². The van der Waals surface area contributed by atoms with Gasteiger partial charge in [0.1, 0.15) is 0 Å². The van der Waals surface area contributed by atoms with E-state index in [-0.39, 0.29) is 48.6 Å². The number of carbonyl (C=O) groups is 4. The van der Waals surface area contributed by atoms with Gasteiger partial charge in [-0.3, -0.25) is 19.2 Å². The Morgan fingerprint density at radius 3 is 1.26 bits per heavy atom. The minimum atomic E-state index is -0.308. The number of carbonyl (C=O) groups excluding carboxylic acids is 4. The summed E-state index contributed by atoms with van der Waals surface area (Å²) in [5.74, 6) is 0.721. The van der Waals surface area contributed by atoms with Crippen LogP contribution in [0.2, 0.25) is 0 Å². The zero-order chi connectivity index (χ0) is 24.0. The Bertz CT molecular complexity index is 898. The van der Waals surface area contributed by atoms with Gasteiger partial charge in [-0.15, -0.1) is 0 Å². The third-order valence-electron chi connectivity index (χ3n) is 8.48. The van der Waals surface area contributed by atoms with Crippen LogP contribution >= 0.6 is 0 Å². The number of hydrogen-bond donors (Lipinski definition) is 2. The highest BCUT2D eigenvalue weighted by Crippen LogP contribution is 2.28. The lowest BCUT2D eigenvalue weighted by atomic mass is 9.97. The number of imide groups is 2. The van der Waals surface area contributed by atoms with Crippen LogP contribution in [0.25, 0.3) is 0 Å². The zero-order valence-electron chi connectivity index (χ0n) is 20.2. The summed E-state index contributed by atoms with van der Waals surface area (Å²) in [6.45, 7) is 8.18. The minimum absolute atomic E-state index is 0.140. The zero-order valence-corrected chi connectivity index (χ0v) is 20.2. The first-order valence-electron chi connectivity index (χ1n) is 12.9. The van der Waals surface area contributed by atoms with E-state index in [4.69, 9.17) is 0 Å². The molecule has 1 aromatic carbocycles. The van der Waals surface area contributed by atoms with Gasteiger partial charge in [0.2, 0.25) is 11.8 Å². The molecule has 2 N–H and O–H groups in total. The van der Waals surface area contributed by atoms with E-state index in [2.05, 4.69) is 13.8 Å². The highest BCUT2D eigenvalue weighted by atomic mass is 16.2. The number of nitrogens with one attached hydrogen (secondary N) is 2. The van der Waals surface area contributed by atoms with Crippen molar-refractivity contribution in [3.05, 3.63) is 24.3 Å². The van der Waals surface area contributed by atoms with Gasteiger partial charge in [-0.05, 0) is 61.8 Å². The van der Waals surface area contributed by atoms with Gasteiger partial charge < -0.3 is 9.80 Å². The highest BCUT2D eigenvalue weighted by Gasteiger charge is 2.48.